The monoisotopic (exact) mass is 480 g/mol. The molecule has 0 spiro atoms. The normalized spacial score (nSPS) is 12.9. The number of nitrogens with zero attached hydrogens (tertiary/aromatic N) is 1. The van der Waals surface area contributed by atoms with Crippen molar-refractivity contribution in [1.82, 2.24) is 0 Å². The molecule has 3 nitrogen and oxygen atoms in total. The lowest BCUT2D eigenvalue weighted by molar-refractivity contribution is -0.118. The first-order valence-electron chi connectivity index (χ1n) is 8.60. The van der Waals surface area contributed by atoms with Crippen LogP contribution in [0.5, 0.6) is 0 Å². The Labute approximate surface area is 170 Å². The largest absolute Gasteiger partial charge is 0.352 e. The van der Waals surface area contributed by atoms with Crippen LogP contribution in [0.15, 0.2) is 49.2 Å². The maximum atomic E-state index is 14.3. The highest BCUT2D eigenvalue weighted by Gasteiger charge is 2.21. The fourth-order valence-corrected chi connectivity index (χ4v) is 3.40. The summed E-state index contributed by atoms with van der Waals surface area (Å²) in [5.41, 5.74) is 2.70. The van der Waals surface area contributed by atoms with Crippen LogP contribution >= 0.6 is 22.6 Å². The van der Waals surface area contributed by atoms with E-state index in [0.29, 0.717) is 41.9 Å². The molecule has 0 saturated carbocycles. The SMILES string of the molecule is C=C1C=CN(CCC(=O)CC)c2cc(F)cc(Nc3ccc(I)cc3F)c21. The summed E-state index contributed by atoms with van der Waals surface area (Å²) in [6.07, 6.45) is 4.45. The Bertz CT molecular complexity index is 940. The van der Waals surface area contributed by atoms with E-state index < -0.39 is 11.6 Å². The fraction of sp³-hybridized carbons (Fsp3) is 0.190. The van der Waals surface area contributed by atoms with Gasteiger partial charge >= 0.3 is 0 Å². The Hall–Kier alpha value is -2.22. The first-order valence-corrected chi connectivity index (χ1v) is 9.68. The van der Waals surface area contributed by atoms with Crippen LogP contribution in [-0.4, -0.2) is 12.3 Å². The van der Waals surface area contributed by atoms with Gasteiger partial charge in [0, 0.05) is 34.7 Å². The Kier molecular flexibility index (Phi) is 5.94. The van der Waals surface area contributed by atoms with Crippen LogP contribution in [0, 0.1) is 15.2 Å². The van der Waals surface area contributed by atoms with Crippen molar-refractivity contribution in [2.45, 2.75) is 19.8 Å². The van der Waals surface area contributed by atoms with Crippen LogP contribution < -0.4 is 10.2 Å². The highest BCUT2D eigenvalue weighted by molar-refractivity contribution is 14.1. The van der Waals surface area contributed by atoms with Crippen molar-refractivity contribution in [3.8, 4) is 0 Å². The van der Waals surface area contributed by atoms with Gasteiger partial charge in [-0.1, -0.05) is 13.5 Å². The number of halogens is 3. The average Bonchev–Trinajstić information content (AvgIpc) is 2.62. The quantitative estimate of drug-likeness (QED) is 0.513. The highest BCUT2D eigenvalue weighted by Crippen LogP contribution is 2.40. The van der Waals surface area contributed by atoms with Gasteiger partial charge in [-0.05, 0) is 64.6 Å². The van der Waals surface area contributed by atoms with Gasteiger partial charge in [0.2, 0.25) is 0 Å². The van der Waals surface area contributed by atoms with Crippen LogP contribution in [0.1, 0.15) is 25.3 Å². The summed E-state index contributed by atoms with van der Waals surface area (Å²) >= 11 is 2.03. The van der Waals surface area contributed by atoms with Crippen LogP contribution in [0.4, 0.5) is 25.8 Å². The number of benzene rings is 2. The molecule has 2 aromatic rings. The van der Waals surface area contributed by atoms with E-state index in [2.05, 4.69) is 11.9 Å². The van der Waals surface area contributed by atoms with Gasteiger partial charge in [0.25, 0.3) is 0 Å². The van der Waals surface area contributed by atoms with Crippen molar-refractivity contribution in [3.05, 3.63) is 70.0 Å². The van der Waals surface area contributed by atoms with Gasteiger partial charge in [-0.25, -0.2) is 8.78 Å². The lowest BCUT2D eigenvalue weighted by Gasteiger charge is -2.29. The number of rotatable bonds is 6. The summed E-state index contributed by atoms with van der Waals surface area (Å²) in [5.74, 6) is -0.718. The highest BCUT2D eigenvalue weighted by atomic mass is 127. The molecular weight excluding hydrogens is 461 g/mol. The summed E-state index contributed by atoms with van der Waals surface area (Å²) in [6, 6.07) is 7.54. The van der Waals surface area contributed by atoms with E-state index in [4.69, 9.17) is 0 Å². The molecule has 6 heteroatoms. The number of hydrogen-bond donors (Lipinski definition) is 1. The summed E-state index contributed by atoms with van der Waals surface area (Å²) in [5, 5.41) is 2.99. The molecule has 0 unspecified atom stereocenters. The van der Waals surface area contributed by atoms with Gasteiger partial charge in [0.05, 0.1) is 17.1 Å². The molecule has 0 bridgehead atoms. The van der Waals surface area contributed by atoms with E-state index in [-0.39, 0.29) is 11.5 Å². The Morgan fingerprint density at radius 2 is 2.00 bits per heavy atom. The molecule has 1 heterocycles. The van der Waals surface area contributed by atoms with Gasteiger partial charge < -0.3 is 10.2 Å². The molecule has 0 aliphatic carbocycles. The third-order valence-corrected chi connectivity index (χ3v) is 5.07. The van der Waals surface area contributed by atoms with E-state index in [9.17, 15) is 13.6 Å². The number of allylic oxidation sites excluding steroid dienone is 2. The average molecular weight is 480 g/mol. The molecule has 1 aliphatic rings. The second-order valence-electron chi connectivity index (χ2n) is 6.27. The molecule has 1 N–H and O–H groups in total. The number of anilines is 3. The minimum Gasteiger partial charge on any atom is -0.352 e. The van der Waals surface area contributed by atoms with Crippen molar-refractivity contribution >= 4 is 51.0 Å². The molecule has 0 amide bonds. The summed E-state index contributed by atoms with van der Waals surface area (Å²) in [4.78, 5) is 13.5. The van der Waals surface area contributed by atoms with E-state index in [1.54, 1.807) is 18.3 Å². The number of carbonyl (C=O) groups is 1. The molecular formula is C21H19F2IN2O. The molecule has 27 heavy (non-hydrogen) atoms. The predicted molar refractivity (Wildman–Crippen MR) is 114 cm³/mol. The number of nitrogens with one attached hydrogen (secondary N) is 1. The molecule has 0 radical (unpaired) electrons. The van der Waals surface area contributed by atoms with E-state index >= 15 is 0 Å². The standard InChI is InChI=1S/C21H19F2IN2O/c1-3-16(27)7-9-26-8-6-13(2)21-19(10-14(22)11-20(21)26)25-18-5-4-15(24)12-17(18)23/h4-6,8,10-12,25H,2-3,7,9H2,1H3. The first-order chi connectivity index (χ1) is 12.9. The van der Waals surface area contributed by atoms with E-state index in [1.807, 2.05) is 40.5 Å². The van der Waals surface area contributed by atoms with Crippen molar-refractivity contribution in [2.24, 2.45) is 0 Å². The maximum Gasteiger partial charge on any atom is 0.147 e. The molecule has 0 aromatic heterocycles. The number of ketones is 1. The zero-order valence-electron chi connectivity index (χ0n) is 14.9. The van der Waals surface area contributed by atoms with Gasteiger partial charge in [-0.15, -0.1) is 0 Å². The summed E-state index contributed by atoms with van der Waals surface area (Å²) in [7, 11) is 0. The van der Waals surface area contributed by atoms with Gasteiger partial charge in [0.15, 0.2) is 0 Å². The van der Waals surface area contributed by atoms with Crippen molar-refractivity contribution in [1.29, 1.82) is 0 Å². The second kappa shape index (κ2) is 8.21. The lowest BCUT2D eigenvalue weighted by Crippen LogP contribution is -2.23. The summed E-state index contributed by atoms with van der Waals surface area (Å²) < 4.78 is 29.3. The zero-order chi connectivity index (χ0) is 19.6. The number of carbonyl (C=O) groups excluding carboxylic acids is 1. The molecule has 0 atom stereocenters. The third-order valence-electron chi connectivity index (χ3n) is 4.39. The predicted octanol–water partition coefficient (Wildman–Crippen LogP) is 6.03. The number of hydrogen-bond acceptors (Lipinski definition) is 3. The van der Waals surface area contributed by atoms with Crippen molar-refractivity contribution in [3.63, 3.8) is 0 Å². The summed E-state index contributed by atoms with van der Waals surface area (Å²) in [6.45, 7) is 6.30. The molecule has 0 fully saturated rings. The molecule has 2 aromatic carbocycles. The van der Waals surface area contributed by atoms with E-state index in [1.165, 1.54) is 18.2 Å². The van der Waals surface area contributed by atoms with E-state index in [0.717, 1.165) is 3.57 Å². The third kappa shape index (κ3) is 4.37. The van der Waals surface area contributed by atoms with Gasteiger partial charge in [-0.2, -0.15) is 0 Å². The Morgan fingerprint density at radius 1 is 1.22 bits per heavy atom. The van der Waals surface area contributed by atoms with Crippen LogP contribution in [0.3, 0.4) is 0 Å². The minimum atomic E-state index is -0.447. The first kappa shape index (κ1) is 19.5. The number of fused-ring (bicyclic) bond motifs is 1. The smallest absolute Gasteiger partial charge is 0.147 e. The molecule has 3 rings (SSSR count). The zero-order valence-corrected chi connectivity index (χ0v) is 17.0. The second-order valence-corrected chi connectivity index (χ2v) is 7.52. The van der Waals surface area contributed by atoms with Crippen molar-refractivity contribution in [2.75, 3.05) is 16.8 Å². The van der Waals surface area contributed by atoms with Crippen LogP contribution in [0.2, 0.25) is 0 Å². The van der Waals surface area contributed by atoms with Crippen LogP contribution in [0.25, 0.3) is 5.57 Å². The maximum absolute atomic E-state index is 14.3. The molecule has 140 valence electrons. The van der Waals surface area contributed by atoms with Gasteiger partial charge in [-0.3, -0.25) is 4.79 Å². The van der Waals surface area contributed by atoms with Crippen LogP contribution in [-0.2, 0) is 4.79 Å². The minimum absolute atomic E-state index is 0.144. The Morgan fingerprint density at radius 3 is 2.70 bits per heavy atom. The number of Topliss-reactive ketones (excluding diaryl/α,β-unsaturated/α-hetero) is 1. The molecule has 0 saturated heterocycles. The van der Waals surface area contributed by atoms with Crippen molar-refractivity contribution < 1.29 is 13.6 Å². The Balaban J connectivity index is 1.99. The topological polar surface area (TPSA) is 32.3 Å². The lowest BCUT2D eigenvalue weighted by atomic mass is 9.98. The molecule has 1 aliphatic heterocycles. The van der Waals surface area contributed by atoms with Gasteiger partial charge in [0.1, 0.15) is 17.4 Å². The fourth-order valence-electron chi connectivity index (χ4n) is 2.95.